The zero-order valence-corrected chi connectivity index (χ0v) is 13.5. The second kappa shape index (κ2) is 5.85. The van der Waals surface area contributed by atoms with Crippen LogP contribution in [0.2, 0.25) is 0 Å². The number of phenols is 1. The van der Waals surface area contributed by atoms with E-state index in [-0.39, 0.29) is 22.7 Å². The molecule has 0 bridgehead atoms. The van der Waals surface area contributed by atoms with Gasteiger partial charge in [-0.3, -0.25) is 4.79 Å². The highest BCUT2D eigenvalue weighted by Crippen LogP contribution is 2.35. The number of benzene rings is 2. The van der Waals surface area contributed by atoms with Gasteiger partial charge in [0.15, 0.2) is 5.78 Å². The smallest absolute Gasteiger partial charge is 0.344 e. The van der Waals surface area contributed by atoms with E-state index in [1.807, 2.05) is 0 Å². The van der Waals surface area contributed by atoms with E-state index in [0.717, 1.165) is 0 Å². The van der Waals surface area contributed by atoms with Gasteiger partial charge in [-0.05, 0) is 49.2 Å². The molecule has 0 aliphatic rings. The topological polar surface area (TPSA) is 76.7 Å². The summed E-state index contributed by atoms with van der Waals surface area (Å²) in [6, 6.07) is 9.95. The highest BCUT2D eigenvalue weighted by Gasteiger charge is 2.19. The monoisotopic (exact) mass is 324 g/mol. The van der Waals surface area contributed by atoms with Crippen LogP contribution in [-0.4, -0.2) is 18.0 Å². The summed E-state index contributed by atoms with van der Waals surface area (Å²) in [5.41, 5.74) is 1.50. The maximum Gasteiger partial charge on any atom is 0.344 e. The first-order valence-electron chi connectivity index (χ1n) is 7.38. The number of aryl methyl sites for hydroxylation is 1. The number of Topliss-reactive ketones (excluding diaryl/α,β-unsaturated/α-hetero) is 1. The Morgan fingerprint density at radius 3 is 2.38 bits per heavy atom. The van der Waals surface area contributed by atoms with Crippen molar-refractivity contribution in [2.75, 3.05) is 7.11 Å². The van der Waals surface area contributed by atoms with E-state index in [1.165, 1.54) is 19.1 Å². The van der Waals surface area contributed by atoms with Gasteiger partial charge in [-0.1, -0.05) is 12.1 Å². The number of carbonyl (C=O) groups is 1. The number of rotatable bonds is 3. The van der Waals surface area contributed by atoms with Crippen LogP contribution in [0.25, 0.3) is 22.1 Å². The van der Waals surface area contributed by atoms with Gasteiger partial charge in [0.1, 0.15) is 17.1 Å². The number of ether oxygens (including phenoxy) is 1. The van der Waals surface area contributed by atoms with Gasteiger partial charge >= 0.3 is 5.63 Å². The van der Waals surface area contributed by atoms with Gasteiger partial charge in [-0.2, -0.15) is 0 Å². The summed E-state index contributed by atoms with van der Waals surface area (Å²) in [4.78, 5) is 24.0. The molecule has 1 N–H and O–H groups in total. The van der Waals surface area contributed by atoms with E-state index in [1.54, 1.807) is 38.3 Å². The third-order valence-corrected chi connectivity index (χ3v) is 4.05. The molecule has 3 rings (SSSR count). The first kappa shape index (κ1) is 15.8. The van der Waals surface area contributed by atoms with E-state index in [0.29, 0.717) is 27.8 Å². The van der Waals surface area contributed by atoms with Crippen molar-refractivity contribution in [2.24, 2.45) is 0 Å². The number of carbonyl (C=O) groups excluding carboxylic acids is 1. The number of ketones is 1. The van der Waals surface area contributed by atoms with Gasteiger partial charge in [0.25, 0.3) is 0 Å². The van der Waals surface area contributed by atoms with Crippen LogP contribution in [0.5, 0.6) is 11.5 Å². The molecule has 0 atom stereocenters. The fraction of sp³-hybridized carbons (Fsp3) is 0.158. The van der Waals surface area contributed by atoms with Crippen LogP contribution in [0.1, 0.15) is 22.8 Å². The van der Waals surface area contributed by atoms with Crippen LogP contribution in [0.4, 0.5) is 0 Å². The molecular formula is C19H16O5. The minimum atomic E-state index is -0.500. The summed E-state index contributed by atoms with van der Waals surface area (Å²) in [7, 11) is 1.56. The van der Waals surface area contributed by atoms with Crippen LogP contribution >= 0.6 is 0 Å². The Kier molecular flexibility index (Phi) is 3.85. The Morgan fingerprint density at radius 2 is 1.79 bits per heavy atom. The number of hydrogen-bond donors (Lipinski definition) is 1. The molecule has 0 spiro atoms. The minimum Gasteiger partial charge on any atom is -0.506 e. The molecule has 5 heteroatoms. The van der Waals surface area contributed by atoms with Crippen molar-refractivity contribution < 1.29 is 19.1 Å². The van der Waals surface area contributed by atoms with Gasteiger partial charge in [0, 0.05) is 0 Å². The van der Waals surface area contributed by atoms with E-state index >= 15 is 0 Å². The lowest BCUT2D eigenvalue weighted by Gasteiger charge is -2.11. The first-order valence-corrected chi connectivity index (χ1v) is 7.38. The van der Waals surface area contributed by atoms with E-state index in [2.05, 4.69) is 0 Å². The van der Waals surface area contributed by atoms with Crippen molar-refractivity contribution in [3.05, 3.63) is 57.9 Å². The molecular weight excluding hydrogens is 308 g/mol. The van der Waals surface area contributed by atoms with Crippen molar-refractivity contribution in [1.82, 2.24) is 0 Å². The molecule has 0 unspecified atom stereocenters. The third kappa shape index (κ3) is 2.44. The molecule has 24 heavy (non-hydrogen) atoms. The van der Waals surface area contributed by atoms with Gasteiger partial charge in [0.05, 0.1) is 23.6 Å². The fourth-order valence-electron chi connectivity index (χ4n) is 2.83. The van der Waals surface area contributed by atoms with Crippen LogP contribution in [0, 0.1) is 6.92 Å². The predicted molar refractivity (Wildman–Crippen MR) is 90.9 cm³/mol. The van der Waals surface area contributed by atoms with Crippen LogP contribution in [-0.2, 0) is 0 Å². The van der Waals surface area contributed by atoms with Gasteiger partial charge in [-0.25, -0.2) is 4.79 Å². The molecule has 0 fully saturated rings. The zero-order chi connectivity index (χ0) is 17.4. The lowest BCUT2D eigenvalue weighted by molar-refractivity contribution is 0.101. The third-order valence-electron chi connectivity index (χ3n) is 4.05. The SMILES string of the molecule is COc1ccc(-c2c(C)c3c(O)c(C(C)=O)ccc3oc2=O)cc1. The van der Waals surface area contributed by atoms with Gasteiger partial charge in [-0.15, -0.1) is 0 Å². The Balaban J connectivity index is 2.34. The molecule has 0 aliphatic heterocycles. The number of hydrogen-bond acceptors (Lipinski definition) is 5. The van der Waals surface area contributed by atoms with Crippen molar-refractivity contribution >= 4 is 16.8 Å². The Hall–Kier alpha value is -3.08. The molecule has 0 saturated carbocycles. The molecule has 0 saturated heterocycles. The Labute approximate surface area is 138 Å². The van der Waals surface area contributed by atoms with Crippen LogP contribution in [0.3, 0.4) is 0 Å². The van der Waals surface area contributed by atoms with Crippen molar-refractivity contribution in [3.63, 3.8) is 0 Å². The van der Waals surface area contributed by atoms with Crippen molar-refractivity contribution in [1.29, 1.82) is 0 Å². The highest BCUT2D eigenvalue weighted by molar-refractivity contribution is 6.04. The van der Waals surface area contributed by atoms with Crippen molar-refractivity contribution in [2.45, 2.75) is 13.8 Å². The highest BCUT2D eigenvalue weighted by atomic mass is 16.5. The summed E-state index contributed by atoms with van der Waals surface area (Å²) in [5, 5.41) is 10.8. The van der Waals surface area contributed by atoms with Gasteiger partial charge in [0.2, 0.25) is 0 Å². The quantitative estimate of drug-likeness (QED) is 0.587. The summed E-state index contributed by atoms with van der Waals surface area (Å²) in [5.74, 6) is 0.241. The largest absolute Gasteiger partial charge is 0.506 e. The maximum absolute atomic E-state index is 12.4. The standard InChI is InChI=1S/C19H16O5/c1-10-16(12-4-6-13(23-3)7-5-12)19(22)24-15-9-8-14(11(2)20)18(21)17(10)15/h4-9,21H,1-3H3. The van der Waals surface area contributed by atoms with Crippen molar-refractivity contribution in [3.8, 4) is 22.6 Å². The molecule has 1 heterocycles. The minimum absolute atomic E-state index is 0.170. The first-order chi connectivity index (χ1) is 11.4. The molecule has 0 aliphatic carbocycles. The average Bonchev–Trinajstić information content (AvgIpc) is 2.55. The number of aromatic hydroxyl groups is 1. The molecule has 122 valence electrons. The zero-order valence-electron chi connectivity index (χ0n) is 13.5. The molecule has 0 amide bonds. The summed E-state index contributed by atoms with van der Waals surface area (Å²) in [6.45, 7) is 3.10. The van der Waals surface area contributed by atoms with E-state index in [9.17, 15) is 14.7 Å². The molecule has 2 aromatic carbocycles. The van der Waals surface area contributed by atoms with E-state index < -0.39 is 5.63 Å². The average molecular weight is 324 g/mol. The Morgan fingerprint density at radius 1 is 1.12 bits per heavy atom. The molecule has 3 aromatic rings. The molecule has 5 nitrogen and oxygen atoms in total. The number of fused-ring (bicyclic) bond motifs is 1. The second-order valence-corrected chi connectivity index (χ2v) is 5.51. The number of phenolic OH excluding ortho intramolecular Hbond substituents is 1. The molecule has 1 aromatic heterocycles. The summed E-state index contributed by atoms with van der Waals surface area (Å²) >= 11 is 0. The molecule has 0 radical (unpaired) electrons. The second-order valence-electron chi connectivity index (χ2n) is 5.51. The lowest BCUT2D eigenvalue weighted by atomic mass is 9.97. The van der Waals surface area contributed by atoms with Crippen LogP contribution in [0.15, 0.2) is 45.6 Å². The number of methoxy groups -OCH3 is 1. The van der Waals surface area contributed by atoms with E-state index in [4.69, 9.17) is 9.15 Å². The lowest BCUT2D eigenvalue weighted by Crippen LogP contribution is -2.07. The fourth-order valence-corrected chi connectivity index (χ4v) is 2.83. The van der Waals surface area contributed by atoms with Crippen LogP contribution < -0.4 is 10.4 Å². The maximum atomic E-state index is 12.4. The van der Waals surface area contributed by atoms with Gasteiger partial charge < -0.3 is 14.3 Å². The Bertz CT molecular complexity index is 997. The summed E-state index contributed by atoms with van der Waals surface area (Å²) < 4.78 is 10.5. The predicted octanol–water partition coefficient (Wildman–Crippen LogP) is 3.69. The summed E-state index contributed by atoms with van der Waals surface area (Å²) in [6.07, 6.45) is 0. The normalized spacial score (nSPS) is 10.8.